The van der Waals surface area contributed by atoms with E-state index in [1.807, 2.05) is 43.3 Å². The first kappa shape index (κ1) is 23.2. The fourth-order valence-corrected chi connectivity index (χ4v) is 4.02. The van der Waals surface area contributed by atoms with Crippen LogP contribution in [0.3, 0.4) is 0 Å². The summed E-state index contributed by atoms with van der Waals surface area (Å²) in [6.07, 6.45) is -0.211. The molecule has 1 amide bonds. The Balaban J connectivity index is 1.44. The SMILES string of the molecule is CCOc1ccc(S(=O)(=O)NCCC(=O)OCC(=O)Nc2cccc3ccccc23)cc1. The Morgan fingerprint density at radius 1 is 0.938 bits per heavy atom. The Labute approximate surface area is 186 Å². The molecular formula is C23H24N2O6S. The van der Waals surface area contributed by atoms with E-state index in [2.05, 4.69) is 10.0 Å². The van der Waals surface area contributed by atoms with Gasteiger partial charge in [0, 0.05) is 17.6 Å². The van der Waals surface area contributed by atoms with Crippen molar-refractivity contribution in [2.24, 2.45) is 0 Å². The van der Waals surface area contributed by atoms with Crippen LogP contribution < -0.4 is 14.8 Å². The van der Waals surface area contributed by atoms with E-state index in [4.69, 9.17) is 9.47 Å². The Hall–Kier alpha value is -3.43. The number of sulfonamides is 1. The summed E-state index contributed by atoms with van der Waals surface area (Å²) in [4.78, 5) is 24.1. The maximum Gasteiger partial charge on any atom is 0.307 e. The van der Waals surface area contributed by atoms with Gasteiger partial charge in [-0.15, -0.1) is 0 Å². The average Bonchev–Trinajstić information content (AvgIpc) is 2.78. The van der Waals surface area contributed by atoms with Gasteiger partial charge < -0.3 is 14.8 Å². The molecule has 8 nitrogen and oxygen atoms in total. The molecule has 0 fully saturated rings. The topological polar surface area (TPSA) is 111 Å². The van der Waals surface area contributed by atoms with Gasteiger partial charge in [-0.1, -0.05) is 36.4 Å². The zero-order chi connectivity index (χ0) is 23.0. The van der Waals surface area contributed by atoms with Gasteiger partial charge in [0.05, 0.1) is 17.9 Å². The summed E-state index contributed by atoms with van der Waals surface area (Å²) in [6.45, 7) is 1.69. The third kappa shape index (κ3) is 6.29. The molecule has 3 rings (SSSR count). The van der Waals surface area contributed by atoms with Gasteiger partial charge in [0.1, 0.15) is 5.75 Å². The number of ether oxygens (including phenoxy) is 2. The molecule has 0 aromatic heterocycles. The molecule has 2 N–H and O–H groups in total. The maximum absolute atomic E-state index is 12.3. The molecule has 0 unspecified atom stereocenters. The third-order valence-corrected chi connectivity index (χ3v) is 5.97. The first-order valence-corrected chi connectivity index (χ1v) is 11.5. The quantitative estimate of drug-likeness (QED) is 0.454. The molecule has 3 aromatic rings. The van der Waals surface area contributed by atoms with Crippen LogP contribution in [-0.2, 0) is 24.3 Å². The lowest BCUT2D eigenvalue weighted by Gasteiger charge is -2.10. The molecule has 0 aliphatic rings. The van der Waals surface area contributed by atoms with Crippen LogP contribution in [0.4, 0.5) is 5.69 Å². The monoisotopic (exact) mass is 456 g/mol. The summed E-state index contributed by atoms with van der Waals surface area (Å²) >= 11 is 0. The minimum atomic E-state index is -3.77. The lowest BCUT2D eigenvalue weighted by Crippen LogP contribution is -2.28. The molecule has 0 atom stereocenters. The summed E-state index contributed by atoms with van der Waals surface area (Å²) < 4.78 is 37.1. The van der Waals surface area contributed by atoms with Crippen molar-refractivity contribution in [2.75, 3.05) is 25.1 Å². The number of carbonyl (C=O) groups is 2. The van der Waals surface area contributed by atoms with E-state index in [0.29, 0.717) is 18.0 Å². The number of amides is 1. The largest absolute Gasteiger partial charge is 0.494 e. The van der Waals surface area contributed by atoms with Crippen molar-refractivity contribution in [3.8, 4) is 5.75 Å². The van der Waals surface area contributed by atoms with Crippen LogP contribution in [0.25, 0.3) is 10.8 Å². The van der Waals surface area contributed by atoms with Crippen LogP contribution in [0.2, 0.25) is 0 Å². The molecule has 0 saturated carbocycles. The molecule has 32 heavy (non-hydrogen) atoms. The fraction of sp³-hybridized carbons (Fsp3) is 0.217. The van der Waals surface area contributed by atoms with Crippen molar-refractivity contribution in [1.29, 1.82) is 0 Å². The van der Waals surface area contributed by atoms with Crippen LogP contribution >= 0.6 is 0 Å². The van der Waals surface area contributed by atoms with E-state index in [9.17, 15) is 18.0 Å². The number of nitrogens with one attached hydrogen (secondary N) is 2. The second-order valence-corrected chi connectivity index (χ2v) is 8.55. The van der Waals surface area contributed by atoms with Crippen LogP contribution in [0.1, 0.15) is 13.3 Å². The summed E-state index contributed by atoms with van der Waals surface area (Å²) in [5.74, 6) is -0.603. The fourth-order valence-electron chi connectivity index (χ4n) is 2.99. The maximum atomic E-state index is 12.3. The van der Waals surface area contributed by atoms with Crippen molar-refractivity contribution in [3.63, 3.8) is 0 Å². The van der Waals surface area contributed by atoms with E-state index in [1.165, 1.54) is 12.1 Å². The molecule has 0 bridgehead atoms. The molecule has 3 aromatic carbocycles. The highest BCUT2D eigenvalue weighted by molar-refractivity contribution is 7.89. The number of rotatable bonds is 10. The summed E-state index contributed by atoms with van der Waals surface area (Å²) in [5.41, 5.74) is 0.618. The Morgan fingerprint density at radius 2 is 1.66 bits per heavy atom. The number of benzene rings is 3. The molecule has 0 heterocycles. The molecule has 0 radical (unpaired) electrons. The number of hydrogen-bond donors (Lipinski definition) is 2. The first-order valence-electron chi connectivity index (χ1n) is 10.0. The van der Waals surface area contributed by atoms with Crippen molar-refractivity contribution < 1.29 is 27.5 Å². The lowest BCUT2D eigenvalue weighted by atomic mass is 10.1. The van der Waals surface area contributed by atoms with Crippen molar-refractivity contribution in [3.05, 3.63) is 66.7 Å². The Kier molecular flexibility index (Phi) is 7.80. The standard InChI is InChI=1S/C23H24N2O6S/c1-2-30-18-10-12-19(13-11-18)32(28,29)24-15-14-23(27)31-16-22(26)25-21-9-5-7-17-6-3-4-8-20(17)21/h3-13,24H,2,14-16H2,1H3,(H,25,26). The van der Waals surface area contributed by atoms with Gasteiger partial charge in [-0.05, 0) is 42.6 Å². The molecule has 0 spiro atoms. The van der Waals surface area contributed by atoms with Gasteiger partial charge in [0.2, 0.25) is 10.0 Å². The highest BCUT2D eigenvalue weighted by atomic mass is 32.2. The number of anilines is 1. The Bertz CT molecular complexity index is 1190. The predicted octanol–water partition coefficient (Wildman–Crippen LogP) is 3.09. The Morgan fingerprint density at radius 3 is 2.41 bits per heavy atom. The molecule has 168 valence electrons. The van der Waals surface area contributed by atoms with Crippen LogP contribution in [-0.4, -0.2) is 40.1 Å². The average molecular weight is 457 g/mol. The number of fused-ring (bicyclic) bond motifs is 1. The minimum absolute atomic E-state index is 0.0591. The van der Waals surface area contributed by atoms with Crippen LogP contribution in [0.15, 0.2) is 71.6 Å². The smallest absolute Gasteiger partial charge is 0.307 e. The zero-order valence-corrected chi connectivity index (χ0v) is 18.4. The van der Waals surface area contributed by atoms with Gasteiger partial charge >= 0.3 is 5.97 Å². The van der Waals surface area contributed by atoms with Gasteiger partial charge in [-0.25, -0.2) is 13.1 Å². The van der Waals surface area contributed by atoms with Gasteiger partial charge in [-0.2, -0.15) is 0 Å². The van der Waals surface area contributed by atoms with Crippen molar-refractivity contribution in [2.45, 2.75) is 18.2 Å². The molecular weight excluding hydrogens is 432 g/mol. The van der Waals surface area contributed by atoms with E-state index in [1.54, 1.807) is 18.2 Å². The normalized spacial score (nSPS) is 11.2. The second kappa shape index (κ2) is 10.7. The third-order valence-electron chi connectivity index (χ3n) is 4.49. The molecule has 0 aliphatic carbocycles. The summed E-state index contributed by atoms with van der Waals surface area (Å²) in [5, 5.41) is 4.57. The number of esters is 1. The number of carbonyl (C=O) groups excluding carboxylic acids is 2. The second-order valence-electron chi connectivity index (χ2n) is 6.79. The van der Waals surface area contributed by atoms with Gasteiger partial charge in [0.15, 0.2) is 6.61 Å². The molecule has 0 saturated heterocycles. The zero-order valence-electron chi connectivity index (χ0n) is 17.5. The number of hydrogen-bond acceptors (Lipinski definition) is 6. The van der Waals surface area contributed by atoms with Crippen molar-refractivity contribution in [1.82, 2.24) is 4.72 Å². The van der Waals surface area contributed by atoms with E-state index in [0.717, 1.165) is 10.8 Å². The lowest BCUT2D eigenvalue weighted by molar-refractivity contribution is -0.147. The highest BCUT2D eigenvalue weighted by Crippen LogP contribution is 2.22. The summed E-state index contributed by atoms with van der Waals surface area (Å²) in [6, 6.07) is 19.0. The van der Waals surface area contributed by atoms with Gasteiger partial charge in [-0.3, -0.25) is 9.59 Å². The molecule has 0 aliphatic heterocycles. The van der Waals surface area contributed by atoms with Crippen LogP contribution in [0, 0.1) is 0 Å². The van der Waals surface area contributed by atoms with Gasteiger partial charge in [0.25, 0.3) is 5.91 Å². The van der Waals surface area contributed by atoms with E-state index < -0.39 is 28.5 Å². The van der Waals surface area contributed by atoms with Crippen LogP contribution in [0.5, 0.6) is 5.75 Å². The minimum Gasteiger partial charge on any atom is -0.494 e. The first-order chi connectivity index (χ1) is 15.4. The van der Waals surface area contributed by atoms with Crippen molar-refractivity contribution >= 4 is 38.4 Å². The highest BCUT2D eigenvalue weighted by Gasteiger charge is 2.15. The van der Waals surface area contributed by atoms with E-state index in [-0.39, 0.29) is 17.9 Å². The van der Waals surface area contributed by atoms with E-state index >= 15 is 0 Å². The predicted molar refractivity (Wildman–Crippen MR) is 121 cm³/mol. The summed E-state index contributed by atoms with van der Waals surface area (Å²) in [7, 11) is -3.77. The molecule has 9 heteroatoms.